The van der Waals surface area contributed by atoms with E-state index in [1.807, 2.05) is 25.1 Å². The molecule has 0 fully saturated rings. The Morgan fingerprint density at radius 2 is 1.91 bits per heavy atom. The minimum atomic E-state index is -0.509. The highest BCUT2D eigenvalue weighted by molar-refractivity contribution is 14.1. The van der Waals surface area contributed by atoms with Crippen LogP contribution in [0.15, 0.2) is 66.2 Å². The number of carbonyl (C=O) groups is 1. The van der Waals surface area contributed by atoms with Gasteiger partial charge in [-0.25, -0.2) is 4.39 Å². The monoisotopic (exact) mass is 542 g/mol. The van der Waals surface area contributed by atoms with Crippen molar-refractivity contribution in [2.45, 2.75) is 13.5 Å². The van der Waals surface area contributed by atoms with Gasteiger partial charge in [-0.1, -0.05) is 35.9 Å². The van der Waals surface area contributed by atoms with Crippen LogP contribution in [0.3, 0.4) is 0 Å². The van der Waals surface area contributed by atoms with E-state index in [4.69, 9.17) is 9.47 Å². The van der Waals surface area contributed by atoms with E-state index in [0.29, 0.717) is 31.9 Å². The van der Waals surface area contributed by atoms with Gasteiger partial charge in [0.1, 0.15) is 24.1 Å². The summed E-state index contributed by atoms with van der Waals surface area (Å²) in [5, 5.41) is 12.2. The lowest BCUT2D eigenvalue weighted by atomic mass is 10.1. The van der Waals surface area contributed by atoms with E-state index < -0.39 is 5.91 Å². The predicted molar refractivity (Wildman–Crippen MR) is 130 cm³/mol. The molecule has 0 spiro atoms. The molecule has 0 atom stereocenters. The summed E-state index contributed by atoms with van der Waals surface area (Å²) in [4.78, 5) is 12.5. The van der Waals surface area contributed by atoms with Crippen LogP contribution in [0.1, 0.15) is 16.7 Å². The highest BCUT2D eigenvalue weighted by Gasteiger charge is 2.15. The van der Waals surface area contributed by atoms with Crippen molar-refractivity contribution in [2.75, 3.05) is 12.4 Å². The molecule has 3 aromatic rings. The van der Waals surface area contributed by atoms with Crippen molar-refractivity contribution in [3.05, 3.63) is 92.3 Å². The number of aryl methyl sites for hydroxylation is 1. The van der Waals surface area contributed by atoms with E-state index in [9.17, 15) is 14.4 Å². The first-order valence-electron chi connectivity index (χ1n) is 9.65. The molecule has 0 aliphatic carbocycles. The molecule has 7 heteroatoms. The van der Waals surface area contributed by atoms with Crippen molar-refractivity contribution in [1.29, 1.82) is 5.26 Å². The third kappa shape index (κ3) is 5.86. The Labute approximate surface area is 199 Å². The lowest BCUT2D eigenvalue weighted by molar-refractivity contribution is -0.112. The molecule has 0 radical (unpaired) electrons. The van der Waals surface area contributed by atoms with Gasteiger partial charge in [0.2, 0.25) is 0 Å². The number of ether oxygens (including phenoxy) is 2. The second kappa shape index (κ2) is 10.8. The van der Waals surface area contributed by atoms with Crippen LogP contribution in [-0.2, 0) is 11.4 Å². The number of carbonyl (C=O) groups excluding carboxylic acids is 1. The smallest absolute Gasteiger partial charge is 0.266 e. The van der Waals surface area contributed by atoms with Gasteiger partial charge < -0.3 is 14.8 Å². The van der Waals surface area contributed by atoms with Gasteiger partial charge in [0, 0.05) is 11.3 Å². The molecule has 1 amide bonds. The van der Waals surface area contributed by atoms with Crippen LogP contribution in [0, 0.1) is 27.6 Å². The molecule has 0 aromatic heterocycles. The van der Waals surface area contributed by atoms with Crippen LogP contribution in [0.2, 0.25) is 0 Å². The zero-order valence-electron chi connectivity index (χ0n) is 17.5. The standard InChI is InChI=1S/C25H20FIN2O3/c1-16-7-9-20(10-8-16)29-25(30)19(14-28)11-17-12-22(27)24(23(13-17)31-2)32-15-18-5-3-4-6-21(18)26/h3-13H,15H2,1-2H3,(H,29,30)/b19-11+. The number of rotatable bonds is 7. The Morgan fingerprint density at radius 1 is 1.19 bits per heavy atom. The first kappa shape index (κ1) is 23.3. The van der Waals surface area contributed by atoms with Crippen molar-refractivity contribution >= 4 is 40.3 Å². The van der Waals surface area contributed by atoms with Gasteiger partial charge in [0.25, 0.3) is 5.91 Å². The van der Waals surface area contributed by atoms with Crippen LogP contribution in [-0.4, -0.2) is 13.0 Å². The van der Waals surface area contributed by atoms with Crippen LogP contribution >= 0.6 is 22.6 Å². The number of hydrogen-bond donors (Lipinski definition) is 1. The maximum atomic E-state index is 13.9. The van der Waals surface area contributed by atoms with Crippen LogP contribution in [0.25, 0.3) is 6.08 Å². The van der Waals surface area contributed by atoms with Gasteiger partial charge >= 0.3 is 0 Å². The van der Waals surface area contributed by atoms with E-state index in [0.717, 1.165) is 5.56 Å². The molecule has 0 saturated carbocycles. The maximum Gasteiger partial charge on any atom is 0.266 e. The third-order valence-corrected chi connectivity index (χ3v) is 5.37. The number of anilines is 1. The Balaban J connectivity index is 1.82. The molecule has 0 aliphatic heterocycles. The molecule has 1 N–H and O–H groups in total. The quantitative estimate of drug-likeness (QED) is 0.230. The normalized spacial score (nSPS) is 10.9. The minimum absolute atomic E-state index is 0.0383. The number of halogens is 2. The van der Waals surface area contributed by atoms with E-state index in [1.165, 1.54) is 19.3 Å². The number of nitrogens with zero attached hydrogens (tertiary/aromatic N) is 1. The Morgan fingerprint density at radius 3 is 2.56 bits per heavy atom. The summed E-state index contributed by atoms with van der Waals surface area (Å²) < 4.78 is 25.8. The molecule has 0 unspecified atom stereocenters. The van der Waals surface area contributed by atoms with Crippen LogP contribution < -0.4 is 14.8 Å². The summed E-state index contributed by atoms with van der Waals surface area (Å²) in [6, 6.07) is 19.0. The van der Waals surface area contributed by atoms with E-state index >= 15 is 0 Å². The number of nitriles is 1. The summed E-state index contributed by atoms with van der Waals surface area (Å²) >= 11 is 2.07. The first-order chi connectivity index (χ1) is 15.4. The number of benzene rings is 3. The Hall–Kier alpha value is -3.38. The fourth-order valence-corrected chi connectivity index (χ4v) is 3.66. The number of hydrogen-bond acceptors (Lipinski definition) is 4. The molecule has 0 aliphatic rings. The lowest BCUT2D eigenvalue weighted by Crippen LogP contribution is -2.13. The van der Waals surface area contributed by atoms with Crippen LogP contribution in [0.5, 0.6) is 11.5 Å². The summed E-state index contributed by atoms with van der Waals surface area (Å²) in [6.07, 6.45) is 1.48. The van der Waals surface area contributed by atoms with Crippen molar-refractivity contribution in [2.24, 2.45) is 0 Å². The molecule has 5 nitrogen and oxygen atoms in total. The van der Waals surface area contributed by atoms with Gasteiger partial charge in [-0.05, 0) is 71.5 Å². The molecule has 3 rings (SSSR count). The zero-order chi connectivity index (χ0) is 23.1. The van der Waals surface area contributed by atoms with Crippen molar-refractivity contribution < 1.29 is 18.7 Å². The van der Waals surface area contributed by atoms with E-state index in [-0.39, 0.29) is 18.0 Å². The van der Waals surface area contributed by atoms with Gasteiger partial charge in [-0.3, -0.25) is 4.79 Å². The molecule has 162 valence electrons. The number of methoxy groups -OCH3 is 1. The van der Waals surface area contributed by atoms with Gasteiger partial charge in [-0.15, -0.1) is 0 Å². The third-order valence-electron chi connectivity index (χ3n) is 4.57. The largest absolute Gasteiger partial charge is 0.493 e. The number of amides is 1. The Kier molecular flexibility index (Phi) is 7.84. The average molecular weight is 542 g/mol. The van der Waals surface area contributed by atoms with E-state index in [1.54, 1.807) is 42.5 Å². The molecule has 0 heterocycles. The highest BCUT2D eigenvalue weighted by atomic mass is 127. The molecule has 32 heavy (non-hydrogen) atoms. The molecule has 3 aromatic carbocycles. The second-order valence-electron chi connectivity index (χ2n) is 6.90. The van der Waals surface area contributed by atoms with Gasteiger partial charge in [0.05, 0.1) is 10.7 Å². The lowest BCUT2D eigenvalue weighted by Gasteiger charge is -2.14. The summed E-state index contributed by atoms with van der Waals surface area (Å²) in [5.74, 6) is 0.0105. The minimum Gasteiger partial charge on any atom is -0.493 e. The van der Waals surface area contributed by atoms with Crippen molar-refractivity contribution in [1.82, 2.24) is 0 Å². The molecule has 0 bridgehead atoms. The summed E-state index contributed by atoms with van der Waals surface area (Å²) in [7, 11) is 1.49. The van der Waals surface area contributed by atoms with Gasteiger partial charge in [0.15, 0.2) is 11.5 Å². The molecule has 0 saturated heterocycles. The first-order valence-corrected chi connectivity index (χ1v) is 10.7. The van der Waals surface area contributed by atoms with Crippen LogP contribution in [0.4, 0.5) is 10.1 Å². The van der Waals surface area contributed by atoms with E-state index in [2.05, 4.69) is 27.9 Å². The average Bonchev–Trinajstić information content (AvgIpc) is 2.78. The maximum absolute atomic E-state index is 13.9. The fourth-order valence-electron chi connectivity index (χ4n) is 2.88. The summed E-state index contributed by atoms with van der Waals surface area (Å²) in [6.45, 7) is 1.99. The topological polar surface area (TPSA) is 71.3 Å². The molecular weight excluding hydrogens is 522 g/mol. The zero-order valence-corrected chi connectivity index (χ0v) is 19.6. The predicted octanol–water partition coefficient (Wildman–Crippen LogP) is 5.87. The molecular formula is C25H20FIN2O3. The Bertz CT molecular complexity index is 1200. The SMILES string of the molecule is COc1cc(/C=C(\C#N)C(=O)Nc2ccc(C)cc2)cc(I)c1OCc1ccccc1F. The van der Waals surface area contributed by atoms with Crippen molar-refractivity contribution in [3.8, 4) is 17.6 Å². The van der Waals surface area contributed by atoms with Gasteiger partial charge in [-0.2, -0.15) is 5.26 Å². The number of nitrogens with one attached hydrogen (secondary N) is 1. The second-order valence-corrected chi connectivity index (χ2v) is 8.07. The van der Waals surface area contributed by atoms with Crippen molar-refractivity contribution in [3.63, 3.8) is 0 Å². The summed E-state index contributed by atoms with van der Waals surface area (Å²) in [5.41, 5.74) is 2.64. The highest BCUT2D eigenvalue weighted by Crippen LogP contribution is 2.35. The fraction of sp³-hybridized carbons (Fsp3) is 0.120.